The van der Waals surface area contributed by atoms with Crippen molar-refractivity contribution in [3.63, 3.8) is 0 Å². The molecule has 43 heavy (non-hydrogen) atoms. The molecule has 0 bridgehead atoms. The molecule has 0 aliphatic rings. The van der Waals surface area contributed by atoms with Crippen molar-refractivity contribution < 1.29 is 33.8 Å². The highest BCUT2D eigenvalue weighted by Crippen LogP contribution is 2.28. The maximum atomic E-state index is 14.5. The van der Waals surface area contributed by atoms with Crippen molar-refractivity contribution >= 4 is 23.9 Å². The summed E-state index contributed by atoms with van der Waals surface area (Å²) in [5.74, 6) is -1.26. The van der Waals surface area contributed by atoms with E-state index in [0.717, 1.165) is 17.5 Å². The number of hydrogen-bond donors (Lipinski definition) is 3. The molecule has 2 atom stereocenters. The Labute approximate surface area is 255 Å². The van der Waals surface area contributed by atoms with Crippen molar-refractivity contribution in [1.29, 1.82) is 0 Å². The highest BCUT2D eigenvalue weighted by molar-refractivity contribution is 5.92. The molecule has 0 aromatic heterocycles. The highest BCUT2D eigenvalue weighted by atomic mass is 16.6. The summed E-state index contributed by atoms with van der Waals surface area (Å²) < 4.78 is 10.5. The number of alkyl carbamates (subject to hydrolysis) is 1. The Kier molecular flexibility index (Phi) is 13.5. The van der Waals surface area contributed by atoms with Gasteiger partial charge in [0.2, 0.25) is 11.8 Å². The molecule has 0 saturated heterocycles. The van der Waals surface area contributed by atoms with Crippen molar-refractivity contribution in [3.05, 3.63) is 64.7 Å². The summed E-state index contributed by atoms with van der Waals surface area (Å²) in [6.07, 6.45) is 0.705. The molecule has 0 heterocycles. The number of phenolic OH excluding ortho intramolecular Hbond substituents is 1. The van der Waals surface area contributed by atoms with E-state index in [4.69, 9.17) is 9.47 Å². The van der Waals surface area contributed by atoms with Crippen molar-refractivity contribution in [1.82, 2.24) is 15.5 Å². The molecule has 0 aliphatic heterocycles. The van der Waals surface area contributed by atoms with E-state index in [1.807, 2.05) is 39.0 Å². The first-order chi connectivity index (χ1) is 20.3. The lowest BCUT2D eigenvalue weighted by Crippen LogP contribution is -2.54. The number of ether oxygens (including phenoxy) is 2. The monoisotopic (exact) mass is 597 g/mol. The molecule has 0 radical (unpaired) electrons. The molecule has 3 amide bonds. The van der Waals surface area contributed by atoms with Gasteiger partial charge in [0, 0.05) is 19.5 Å². The fraction of sp³-hybridized carbons (Fsp3) is 0.515. The summed E-state index contributed by atoms with van der Waals surface area (Å²) in [6, 6.07) is 9.86. The summed E-state index contributed by atoms with van der Waals surface area (Å²) >= 11 is 0. The molecular weight excluding hydrogens is 550 g/mol. The maximum Gasteiger partial charge on any atom is 0.408 e. The molecule has 2 rings (SSSR count). The predicted molar refractivity (Wildman–Crippen MR) is 165 cm³/mol. The lowest BCUT2D eigenvalue weighted by Gasteiger charge is -2.35. The third-order valence-electron chi connectivity index (χ3n) is 6.84. The van der Waals surface area contributed by atoms with Crippen molar-refractivity contribution in [2.24, 2.45) is 0 Å². The average Bonchev–Trinajstić information content (AvgIpc) is 2.92. The number of hydrogen-bond acceptors (Lipinski definition) is 7. The summed E-state index contributed by atoms with van der Waals surface area (Å²) in [6.45, 7) is 13.3. The minimum Gasteiger partial charge on any atom is -0.508 e. The van der Waals surface area contributed by atoms with Gasteiger partial charge in [-0.15, -0.1) is 0 Å². The summed E-state index contributed by atoms with van der Waals surface area (Å²) in [5, 5.41) is 15.3. The van der Waals surface area contributed by atoms with Crippen LogP contribution in [0.4, 0.5) is 4.79 Å². The van der Waals surface area contributed by atoms with Gasteiger partial charge in [-0.2, -0.15) is 0 Å². The van der Waals surface area contributed by atoms with E-state index in [2.05, 4.69) is 10.6 Å². The molecule has 0 saturated carbocycles. The number of carbonyl (C=O) groups excluding carboxylic acids is 4. The number of amides is 3. The summed E-state index contributed by atoms with van der Waals surface area (Å²) in [7, 11) is 0. The molecular formula is C33H47N3O7. The number of aromatic hydroxyl groups is 1. The number of carbonyl (C=O) groups is 4. The second kappa shape index (κ2) is 16.5. The minimum absolute atomic E-state index is 0.00825. The van der Waals surface area contributed by atoms with E-state index < -0.39 is 41.6 Å². The summed E-state index contributed by atoms with van der Waals surface area (Å²) in [4.78, 5) is 54.7. The molecule has 2 aromatic carbocycles. The molecule has 0 spiro atoms. The molecule has 3 N–H and O–H groups in total. The number of benzene rings is 2. The zero-order valence-corrected chi connectivity index (χ0v) is 26.5. The molecule has 2 unspecified atom stereocenters. The predicted octanol–water partition coefficient (Wildman–Crippen LogP) is 4.88. The van der Waals surface area contributed by atoms with Crippen LogP contribution in [-0.2, 0) is 30.3 Å². The van der Waals surface area contributed by atoms with E-state index in [1.54, 1.807) is 39.8 Å². The Hall–Kier alpha value is -4.08. The molecule has 10 heteroatoms. The van der Waals surface area contributed by atoms with Gasteiger partial charge < -0.3 is 30.1 Å². The highest BCUT2D eigenvalue weighted by Gasteiger charge is 2.37. The topological polar surface area (TPSA) is 134 Å². The van der Waals surface area contributed by atoms with Gasteiger partial charge >= 0.3 is 12.1 Å². The minimum atomic E-state index is -1.07. The van der Waals surface area contributed by atoms with E-state index >= 15 is 0 Å². The smallest absolute Gasteiger partial charge is 0.408 e. The zero-order valence-electron chi connectivity index (χ0n) is 26.5. The van der Waals surface area contributed by atoms with E-state index in [1.165, 1.54) is 17.0 Å². The number of aryl methyl sites for hydroxylation is 1. The molecule has 10 nitrogen and oxygen atoms in total. The van der Waals surface area contributed by atoms with E-state index in [-0.39, 0.29) is 38.3 Å². The van der Waals surface area contributed by atoms with Crippen LogP contribution < -0.4 is 10.6 Å². The van der Waals surface area contributed by atoms with Crippen LogP contribution in [0.5, 0.6) is 5.75 Å². The second-order valence-corrected chi connectivity index (χ2v) is 11.5. The van der Waals surface area contributed by atoms with Gasteiger partial charge in [0.25, 0.3) is 0 Å². The van der Waals surface area contributed by atoms with Crippen molar-refractivity contribution in [2.45, 2.75) is 91.8 Å². The number of unbranched alkanes of at least 4 members (excludes halogenated alkanes) is 1. The van der Waals surface area contributed by atoms with E-state index in [9.17, 15) is 24.3 Å². The number of esters is 1. The van der Waals surface area contributed by atoms with Crippen LogP contribution in [0.1, 0.15) is 82.2 Å². The lowest BCUT2D eigenvalue weighted by atomic mass is 9.94. The van der Waals surface area contributed by atoms with Crippen molar-refractivity contribution in [3.8, 4) is 5.75 Å². The van der Waals surface area contributed by atoms with Gasteiger partial charge in [-0.3, -0.25) is 14.4 Å². The first-order valence-electron chi connectivity index (χ1n) is 14.8. The van der Waals surface area contributed by atoms with Crippen LogP contribution in [0.15, 0.2) is 42.5 Å². The second-order valence-electron chi connectivity index (χ2n) is 11.5. The van der Waals surface area contributed by atoms with Crippen LogP contribution in [0.2, 0.25) is 0 Å². The van der Waals surface area contributed by atoms with Gasteiger partial charge in [-0.25, -0.2) is 4.79 Å². The number of rotatable bonds is 14. The fourth-order valence-corrected chi connectivity index (χ4v) is 4.55. The standard InChI is InChI=1S/C33H47N3O7/c1-8-10-20-36(29(26-13-11-12-22(3)23(26)4)30(39)34-19-18-28(38)42-9-2)31(40)27(35-32(41)43-33(5,6)7)21-24-14-16-25(37)17-15-24/h11-17,27,29,37H,8-10,18-21H2,1-7H3,(H,34,39)(H,35,41). The average molecular weight is 598 g/mol. The zero-order chi connectivity index (χ0) is 32.2. The molecule has 236 valence electrons. The lowest BCUT2D eigenvalue weighted by molar-refractivity contribution is -0.144. The third kappa shape index (κ3) is 11.3. The largest absolute Gasteiger partial charge is 0.508 e. The maximum absolute atomic E-state index is 14.5. The van der Waals surface area contributed by atoms with Gasteiger partial charge in [-0.05, 0) is 82.3 Å². The van der Waals surface area contributed by atoms with Crippen LogP contribution in [0.25, 0.3) is 0 Å². The van der Waals surface area contributed by atoms with Crippen LogP contribution in [0.3, 0.4) is 0 Å². The first kappa shape index (κ1) is 35.1. The molecule has 0 aliphatic carbocycles. The number of phenols is 1. The molecule has 0 fully saturated rings. The van der Waals surface area contributed by atoms with Crippen molar-refractivity contribution in [2.75, 3.05) is 19.7 Å². The Bertz CT molecular complexity index is 1240. The third-order valence-corrected chi connectivity index (χ3v) is 6.84. The Balaban J connectivity index is 2.55. The summed E-state index contributed by atoms with van der Waals surface area (Å²) in [5.41, 5.74) is 2.37. The number of nitrogens with zero attached hydrogens (tertiary/aromatic N) is 1. The van der Waals surface area contributed by atoms with Crippen LogP contribution in [0, 0.1) is 13.8 Å². The number of nitrogens with one attached hydrogen (secondary N) is 2. The Morgan fingerprint density at radius 3 is 2.28 bits per heavy atom. The van der Waals surface area contributed by atoms with Crippen LogP contribution >= 0.6 is 0 Å². The van der Waals surface area contributed by atoms with Gasteiger partial charge in [0.05, 0.1) is 13.0 Å². The van der Waals surface area contributed by atoms with Crippen LogP contribution in [-0.4, -0.2) is 65.2 Å². The quantitative estimate of drug-likeness (QED) is 0.264. The fourth-order valence-electron chi connectivity index (χ4n) is 4.55. The normalized spacial score (nSPS) is 12.5. The Morgan fingerprint density at radius 2 is 1.67 bits per heavy atom. The van der Waals surface area contributed by atoms with Gasteiger partial charge in [0.1, 0.15) is 23.4 Å². The Morgan fingerprint density at radius 1 is 1.00 bits per heavy atom. The SMILES string of the molecule is CCCCN(C(=O)C(Cc1ccc(O)cc1)NC(=O)OC(C)(C)C)C(C(=O)NCCC(=O)OCC)c1cccc(C)c1C. The molecule has 2 aromatic rings. The van der Waals surface area contributed by atoms with Gasteiger partial charge in [0.15, 0.2) is 0 Å². The van der Waals surface area contributed by atoms with Gasteiger partial charge in [-0.1, -0.05) is 43.7 Å². The first-order valence-corrected chi connectivity index (χ1v) is 14.8. The van der Waals surface area contributed by atoms with E-state index in [0.29, 0.717) is 17.5 Å².